The van der Waals surface area contributed by atoms with E-state index < -0.39 is 0 Å². The van der Waals surface area contributed by atoms with Crippen LogP contribution in [0.2, 0.25) is 0 Å². The Balaban J connectivity index is 1.78. The second-order valence-electron chi connectivity index (χ2n) is 6.59. The minimum Gasteiger partial charge on any atom is -0.356 e. The highest BCUT2D eigenvalue weighted by Crippen LogP contribution is 2.18. The van der Waals surface area contributed by atoms with E-state index in [4.69, 9.17) is 0 Å². The number of halogens is 1. The van der Waals surface area contributed by atoms with Gasteiger partial charge < -0.3 is 10.2 Å². The van der Waals surface area contributed by atoms with Crippen molar-refractivity contribution in [2.75, 3.05) is 19.6 Å². The lowest BCUT2D eigenvalue weighted by atomic mass is 10.1. The summed E-state index contributed by atoms with van der Waals surface area (Å²) < 4.78 is 12.9. The Kier molecular flexibility index (Phi) is 6.13. The van der Waals surface area contributed by atoms with Crippen molar-refractivity contribution in [3.8, 4) is 0 Å². The van der Waals surface area contributed by atoms with E-state index in [2.05, 4.69) is 19.2 Å². The molecule has 0 radical (unpaired) electrons. The third-order valence-electron chi connectivity index (χ3n) is 4.19. The van der Waals surface area contributed by atoms with Crippen LogP contribution in [0, 0.1) is 17.7 Å². The van der Waals surface area contributed by atoms with E-state index in [0.29, 0.717) is 32.0 Å². The zero-order chi connectivity index (χ0) is 16.8. The summed E-state index contributed by atoms with van der Waals surface area (Å²) in [5, 5.41) is 2.92. The van der Waals surface area contributed by atoms with Crippen molar-refractivity contribution in [3.63, 3.8) is 0 Å². The molecule has 5 heteroatoms. The minimum absolute atomic E-state index is 0.0242. The number of nitrogens with one attached hydrogen (secondary N) is 1. The van der Waals surface area contributed by atoms with Crippen molar-refractivity contribution in [1.82, 2.24) is 10.2 Å². The number of benzene rings is 1. The van der Waals surface area contributed by atoms with Gasteiger partial charge in [-0.15, -0.1) is 0 Å². The molecule has 2 rings (SSSR count). The topological polar surface area (TPSA) is 49.4 Å². The van der Waals surface area contributed by atoms with Gasteiger partial charge in [-0.1, -0.05) is 26.0 Å². The van der Waals surface area contributed by atoms with Crippen LogP contribution in [-0.2, 0) is 16.0 Å². The molecule has 1 atom stereocenters. The molecule has 1 aromatic carbocycles. The first-order chi connectivity index (χ1) is 11.0. The maximum Gasteiger partial charge on any atom is 0.225 e. The summed E-state index contributed by atoms with van der Waals surface area (Å²) in [5.74, 6) is 0.0409. The van der Waals surface area contributed by atoms with Gasteiger partial charge in [0, 0.05) is 26.1 Å². The fraction of sp³-hybridized carbons (Fsp3) is 0.556. The third kappa shape index (κ3) is 5.34. The monoisotopic (exact) mass is 320 g/mol. The average molecular weight is 320 g/mol. The summed E-state index contributed by atoms with van der Waals surface area (Å²) in [6, 6.07) is 6.30. The van der Waals surface area contributed by atoms with E-state index in [1.54, 1.807) is 17.0 Å². The van der Waals surface area contributed by atoms with Gasteiger partial charge in [0.15, 0.2) is 0 Å². The van der Waals surface area contributed by atoms with Crippen LogP contribution >= 0.6 is 0 Å². The second-order valence-corrected chi connectivity index (χ2v) is 6.59. The minimum atomic E-state index is -0.260. The van der Waals surface area contributed by atoms with Crippen molar-refractivity contribution in [2.45, 2.75) is 33.1 Å². The highest BCUT2D eigenvalue weighted by molar-refractivity contribution is 5.89. The van der Waals surface area contributed by atoms with Gasteiger partial charge in [-0.05, 0) is 36.5 Å². The first-order valence-electron chi connectivity index (χ1n) is 8.25. The number of amides is 2. The quantitative estimate of drug-likeness (QED) is 0.838. The van der Waals surface area contributed by atoms with Crippen LogP contribution in [0.5, 0.6) is 0 Å². The first-order valence-corrected chi connectivity index (χ1v) is 8.25. The van der Waals surface area contributed by atoms with Gasteiger partial charge >= 0.3 is 0 Å². The summed E-state index contributed by atoms with van der Waals surface area (Å²) in [4.78, 5) is 25.9. The second kappa shape index (κ2) is 8.09. The van der Waals surface area contributed by atoms with Crippen LogP contribution in [0.15, 0.2) is 24.3 Å². The van der Waals surface area contributed by atoms with Crippen LogP contribution < -0.4 is 5.32 Å². The summed E-state index contributed by atoms with van der Waals surface area (Å²) in [7, 11) is 0. The molecule has 1 fully saturated rings. The molecular weight excluding hydrogens is 295 g/mol. The molecule has 1 aromatic rings. The van der Waals surface area contributed by atoms with Gasteiger partial charge in [-0.3, -0.25) is 9.59 Å². The van der Waals surface area contributed by atoms with Crippen molar-refractivity contribution < 1.29 is 14.0 Å². The summed E-state index contributed by atoms with van der Waals surface area (Å²) >= 11 is 0. The first kappa shape index (κ1) is 17.4. The highest BCUT2D eigenvalue weighted by Gasteiger charge is 2.33. The van der Waals surface area contributed by atoms with Gasteiger partial charge in [-0.2, -0.15) is 0 Å². The molecule has 23 heavy (non-hydrogen) atoms. The van der Waals surface area contributed by atoms with Crippen LogP contribution in [0.3, 0.4) is 0 Å². The Hall–Kier alpha value is -1.91. The molecule has 0 spiro atoms. The molecule has 2 amide bonds. The third-order valence-corrected chi connectivity index (χ3v) is 4.19. The number of carbonyl (C=O) groups is 2. The van der Waals surface area contributed by atoms with Crippen LogP contribution in [0.1, 0.15) is 32.3 Å². The normalized spacial score (nSPS) is 17.8. The van der Waals surface area contributed by atoms with E-state index in [9.17, 15) is 14.0 Å². The molecular formula is C18H25FN2O2. The number of rotatable bonds is 7. The van der Waals surface area contributed by atoms with Gasteiger partial charge in [0.2, 0.25) is 11.8 Å². The van der Waals surface area contributed by atoms with E-state index in [0.717, 1.165) is 12.0 Å². The molecule has 0 aromatic heterocycles. The Morgan fingerprint density at radius 1 is 1.35 bits per heavy atom. The standard InChI is InChI=1S/C18H25FN2O2/c1-13(2)7-9-20-18(23)15-11-17(22)21(12-15)10-8-14-3-5-16(19)6-4-14/h3-6,13,15H,7-12H2,1-2H3,(H,20,23). The maximum atomic E-state index is 12.9. The molecule has 126 valence electrons. The van der Waals surface area contributed by atoms with Gasteiger partial charge in [-0.25, -0.2) is 4.39 Å². The maximum absolute atomic E-state index is 12.9. The van der Waals surface area contributed by atoms with Crippen molar-refractivity contribution >= 4 is 11.8 Å². The Morgan fingerprint density at radius 2 is 2.04 bits per heavy atom. The van der Waals surface area contributed by atoms with E-state index in [1.807, 2.05) is 0 Å². The van der Waals surface area contributed by atoms with E-state index in [1.165, 1.54) is 12.1 Å². The summed E-state index contributed by atoms with van der Waals surface area (Å²) in [6.45, 7) is 5.94. The molecule has 0 saturated carbocycles. The zero-order valence-electron chi connectivity index (χ0n) is 13.8. The average Bonchev–Trinajstić information content (AvgIpc) is 2.87. The summed E-state index contributed by atoms with van der Waals surface area (Å²) in [5.41, 5.74) is 0.990. The van der Waals surface area contributed by atoms with E-state index >= 15 is 0 Å². The fourth-order valence-corrected chi connectivity index (χ4v) is 2.71. The lowest BCUT2D eigenvalue weighted by molar-refractivity contribution is -0.129. The van der Waals surface area contributed by atoms with Crippen molar-refractivity contribution in [3.05, 3.63) is 35.6 Å². The number of hydrogen-bond acceptors (Lipinski definition) is 2. The van der Waals surface area contributed by atoms with Crippen LogP contribution in [0.4, 0.5) is 4.39 Å². The molecule has 1 aliphatic heterocycles. The van der Waals surface area contributed by atoms with Crippen molar-refractivity contribution in [2.24, 2.45) is 11.8 Å². The molecule has 1 aliphatic rings. The summed E-state index contributed by atoms with van der Waals surface area (Å²) in [6.07, 6.45) is 1.91. The molecule has 1 heterocycles. The highest BCUT2D eigenvalue weighted by atomic mass is 19.1. The molecule has 1 N–H and O–H groups in total. The largest absolute Gasteiger partial charge is 0.356 e. The molecule has 4 nitrogen and oxygen atoms in total. The molecule has 0 bridgehead atoms. The van der Waals surface area contributed by atoms with Gasteiger partial charge in [0.05, 0.1) is 5.92 Å². The molecule has 0 aliphatic carbocycles. The number of nitrogens with zero attached hydrogens (tertiary/aromatic N) is 1. The predicted octanol–water partition coefficient (Wildman–Crippen LogP) is 2.38. The predicted molar refractivity (Wildman–Crippen MR) is 87.3 cm³/mol. The number of carbonyl (C=O) groups excluding carboxylic acids is 2. The number of hydrogen-bond donors (Lipinski definition) is 1. The Morgan fingerprint density at radius 3 is 2.70 bits per heavy atom. The fourth-order valence-electron chi connectivity index (χ4n) is 2.71. The van der Waals surface area contributed by atoms with Crippen LogP contribution in [0.25, 0.3) is 0 Å². The zero-order valence-corrected chi connectivity index (χ0v) is 13.8. The van der Waals surface area contributed by atoms with E-state index in [-0.39, 0.29) is 30.0 Å². The number of likely N-dealkylation sites (tertiary alicyclic amines) is 1. The molecule has 1 unspecified atom stereocenters. The Labute approximate surface area is 137 Å². The van der Waals surface area contributed by atoms with Gasteiger partial charge in [0.1, 0.15) is 5.82 Å². The Bertz CT molecular complexity index is 542. The smallest absolute Gasteiger partial charge is 0.225 e. The lowest BCUT2D eigenvalue weighted by Crippen LogP contribution is -2.34. The molecule has 1 saturated heterocycles. The lowest BCUT2D eigenvalue weighted by Gasteiger charge is -2.16. The van der Waals surface area contributed by atoms with Crippen LogP contribution in [-0.4, -0.2) is 36.3 Å². The van der Waals surface area contributed by atoms with Gasteiger partial charge in [0.25, 0.3) is 0 Å². The van der Waals surface area contributed by atoms with Crippen molar-refractivity contribution in [1.29, 1.82) is 0 Å². The SMILES string of the molecule is CC(C)CCNC(=O)C1CC(=O)N(CCc2ccc(F)cc2)C1.